The van der Waals surface area contributed by atoms with Crippen LogP contribution < -0.4 is 45.2 Å². The fraction of sp³-hybridized carbons (Fsp3) is 0.200. The second-order valence-electron chi connectivity index (χ2n) is 6.46. The van der Waals surface area contributed by atoms with E-state index in [4.69, 9.17) is 18.6 Å². The summed E-state index contributed by atoms with van der Waals surface area (Å²) in [4.78, 5) is 27.1. The fourth-order valence-electron chi connectivity index (χ4n) is 3.03. The van der Waals surface area contributed by atoms with Crippen molar-refractivity contribution in [2.45, 2.75) is 20.8 Å². The highest BCUT2D eigenvalue weighted by atomic mass is 127. The van der Waals surface area contributed by atoms with Crippen LogP contribution in [0.2, 0.25) is 0 Å². The van der Waals surface area contributed by atoms with E-state index in [9.17, 15) is 9.59 Å². The van der Waals surface area contributed by atoms with Crippen molar-refractivity contribution in [3.63, 3.8) is 0 Å². The topological polar surface area (TPSA) is 154 Å². The molecule has 2 aromatic carbocycles. The van der Waals surface area contributed by atoms with Gasteiger partial charge in [-0.05, 0) is 26.8 Å². The number of halogens is 2. The minimum Gasteiger partial charge on any atom is -0.357 e. The Labute approximate surface area is 185 Å². The molecule has 0 radical (unpaired) electrons. The molecule has 0 fully saturated rings. The Kier molecular flexibility index (Phi) is 7.97. The molecule has 0 aliphatic carbocycles. The monoisotopic (exact) mass is 546 g/mol. The molecule has 0 aliphatic rings. The number of benzene rings is 2. The van der Waals surface area contributed by atoms with Crippen molar-refractivity contribution < 1.29 is 59.7 Å². The van der Waals surface area contributed by atoms with Gasteiger partial charge in [-0.15, -0.1) is 10.2 Å². The van der Waals surface area contributed by atoms with Gasteiger partial charge in [0, 0.05) is 29.8 Å². The first-order chi connectivity index (χ1) is 13.9. The summed E-state index contributed by atoms with van der Waals surface area (Å²) >= 11 is -0.399. The number of amides is 1. The maximum atomic E-state index is 12.2. The van der Waals surface area contributed by atoms with Crippen LogP contribution >= 0.6 is 0 Å². The highest BCUT2D eigenvalue weighted by Gasteiger charge is 2.27. The number of hydrogen-bond donors (Lipinski definition) is 2. The zero-order valence-electron chi connectivity index (χ0n) is 16.7. The first kappa shape index (κ1) is 24.3. The number of aromatic amines is 1. The normalized spacial score (nSPS) is 11.1. The molecule has 0 spiro atoms. The molecule has 8 nitrogen and oxygen atoms in total. The molecule has 1 aromatic heterocycles. The summed E-state index contributed by atoms with van der Waals surface area (Å²) in [6, 6.07) is 10.4. The molecule has 0 aliphatic heterocycles. The van der Waals surface area contributed by atoms with Crippen molar-refractivity contribution in [3.05, 3.63) is 65.9 Å². The van der Waals surface area contributed by atoms with Crippen molar-refractivity contribution in [1.82, 2.24) is 10.3 Å². The van der Waals surface area contributed by atoms with Gasteiger partial charge in [0.2, 0.25) is 3.57 Å². The number of likely N-dealkylation sites (N-methyl/N-ethyl adjacent to an activating group) is 1. The standard InChI is InChI=1S/C20H19IN2O2.ClHO4/c1-11-8-12(2)17(13(3)9-11)21-16-7-5-6-14-15(10-23-18(14)16)19(24)20(25)22-4;2-1(3,4)5/h5-10H,1-4H3,(H-,22,23,24,25);(H,2,3,4,5). The molecule has 0 unspecified atom stereocenters. The maximum absolute atomic E-state index is 12.2. The van der Waals surface area contributed by atoms with E-state index in [-0.39, 0.29) is 0 Å². The van der Waals surface area contributed by atoms with E-state index >= 15 is 0 Å². The first-order valence-corrected chi connectivity index (χ1v) is 12.0. The third kappa shape index (κ3) is 6.24. The number of Topliss-reactive ketones (excluding diaryl/α,β-unsaturated/α-hetero) is 1. The minimum atomic E-state index is -4.94. The molecule has 10 heteroatoms. The molecule has 30 heavy (non-hydrogen) atoms. The van der Waals surface area contributed by atoms with Crippen molar-refractivity contribution in [2.24, 2.45) is 0 Å². The van der Waals surface area contributed by atoms with E-state index in [0.717, 1.165) is 10.9 Å². The fourth-order valence-corrected chi connectivity index (χ4v) is 5.88. The molecule has 2 N–H and O–H groups in total. The Hall–Kier alpha value is -2.02. The lowest BCUT2D eigenvalue weighted by Gasteiger charge is -2.17. The first-order valence-electron chi connectivity index (χ1n) is 8.63. The zero-order valence-corrected chi connectivity index (χ0v) is 19.6. The maximum Gasteiger partial charge on any atom is 0.360 e. The van der Waals surface area contributed by atoms with Gasteiger partial charge in [-0.1, -0.05) is 29.8 Å². The highest BCUT2D eigenvalue weighted by molar-refractivity contribution is 6.44. The summed E-state index contributed by atoms with van der Waals surface area (Å²) in [5.74, 6) is -1.10. The third-order valence-corrected chi connectivity index (χ3v) is 7.84. The van der Waals surface area contributed by atoms with Gasteiger partial charge in [0.25, 0.3) is 11.7 Å². The van der Waals surface area contributed by atoms with Crippen molar-refractivity contribution in [1.29, 1.82) is 0 Å². The van der Waals surface area contributed by atoms with Gasteiger partial charge in [-0.2, -0.15) is 0 Å². The van der Waals surface area contributed by atoms with Gasteiger partial charge >= 0.3 is 21.2 Å². The largest absolute Gasteiger partial charge is 0.360 e. The zero-order chi connectivity index (χ0) is 22.6. The van der Waals surface area contributed by atoms with Crippen LogP contribution in [-0.2, 0) is 4.79 Å². The van der Waals surface area contributed by atoms with Gasteiger partial charge < -0.3 is 10.3 Å². The molecule has 0 saturated carbocycles. The predicted molar refractivity (Wildman–Crippen MR) is 94.7 cm³/mol. The number of fused-ring (bicyclic) bond motifs is 1. The summed E-state index contributed by atoms with van der Waals surface area (Å²) in [6.07, 6.45) is 1.64. The van der Waals surface area contributed by atoms with Crippen LogP contribution in [0.4, 0.5) is 0 Å². The summed E-state index contributed by atoms with van der Waals surface area (Å²) in [5.41, 5.74) is 5.30. The van der Waals surface area contributed by atoms with E-state index in [1.54, 1.807) is 6.20 Å². The van der Waals surface area contributed by atoms with Gasteiger partial charge in [0.05, 0.1) is 5.56 Å². The van der Waals surface area contributed by atoms with Gasteiger partial charge in [0.1, 0.15) is 5.52 Å². The minimum absolute atomic E-state index is 0.399. The number of carbonyl (C=O) groups is 2. The number of nitrogens with one attached hydrogen (secondary N) is 2. The SMILES string of the molecule is CNC(=O)C(=O)c1c[nH]c2c([I+]c3c(C)cc(C)cc3C)cccc12.[O-][Cl+3]([O-])([O-])[O-]. The number of ketones is 1. The molecule has 160 valence electrons. The Morgan fingerprint density at radius 3 is 2.13 bits per heavy atom. The molecule has 0 atom stereocenters. The second kappa shape index (κ2) is 9.86. The second-order valence-corrected chi connectivity index (χ2v) is 9.99. The number of rotatable bonds is 4. The summed E-state index contributed by atoms with van der Waals surface area (Å²) < 4.78 is 36.6. The lowest BCUT2D eigenvalue weighted by molar-refractivity contribution is -2.00. The van der Waals surface area contributed by atoms with E-state index in [2.05, 4.69) is 49.3 Å². The number of H-pyrrole nitrogens is 1. The third-order valence-electron chi connectivity index (χ3n) is 4.12. The summed E-state index contributed by atoms with van der Waals surface area (Å²) in [5, 5.41) is 3.21. The summed E-state index contributed by atoms with van der Waals surface area (Å²) in [7, 11) is -3.48. The van der Waals surface area contributed by atoms with E-state index in [1.165, 1.54) is 30.9 Å². The number of hydrogen-bond acceptors (Lipinski definition) is 6. The molecule has 3 rings (SSSR count). The average molecular weight is 547 g/mol. The van der Waals surface area contributed by atoms with Crippen LogP contribution in [0.5, 0.6) is 0 Å². The summed E-state index contributed by atoms with van der Waals surface area (Å²) in [6.45, 7) is 6.43. The van der Waals surface area contributed by atoms with E-state index < -0.39 is 43.1 Å². The smallest absolute Gasteiger partial charge is 0.357 e. The van der Waals surface area contributed by atoms with Crippen LogP contribution in [0.1, 0.15) is 27.0 Å². The molecule has 1 amide bonds. The lowest BCUT2D eigenvalue weighted by atomic mass is 10.1. The molecule has 3 aromatic rings. The highest BCUT2D eigenvalue weighted by Crippen LogP contribution is 2.18. The van der Waals surface area contributed by atoms with Gasteiger partial charge in [-0.3, -0.25) is 9.59 Å². The Balaban J connectivity index is 0.000000575. The quantitative estimate of drug-likeness (QED) is 0.191. The molecule has 0 bridgehead atoms. The van der Waals surface area contributed by atoms with Crippen LogP contribution in [-0.4, -0.2) is 23.7 Å². The number of para-hydroxylation sites is 1. The van der Waals surface area contributed by atoms with Crippen molar-refractivity contribution in [2.75, 3.05) is 7.05 Å². The molecular weight excluding hydrogens is 527 g/mol. The van der Waals surface area contributed by atoms with Crippen LogP contribution in [0.3, 0.4) is 0 Å². The number of aryl methyl sites for hydroxylation is 3. The van der Waals surface area contributed by atoms with Crippen molar-refractivity contribution >= 4 is 22.6 Å². The molecule has 1 heterocycles. The molecule has 0 saturated heterocycles. The Morgan fingerprint density at radius 2 is 1.60 bits per heavy atom. The average Bonchev–Trinajstić information content (AvgIpc) is 3.06. The predicted octanol–water partition coefficient (Wildman–Crippen LogP) is -4.61. The van der Waals surface area contributed by atoms with Crippen LogP contribution in [0.25, 0.3) is 10.9 Å². The number of carbonyl (C=O) groups excluding carboxylic acids is 2. The van der Waals surface area contributed by atoms with Gasteiger partial charge in [-0.25, -0.2) is 18.6 Å². The lowest BCUT2D eigenvalue weighted by Crippen LogP contribution is -3.62. The Bertz CT molecular complexity index is 1060. The van der Waals surface area contributed by atoms with E-state index in [1.807, 2.05) is 12.1 Å². The van der Waals surface area contributed by atoms with Crippen LogP contribution in [0, 0.1) is 38.2 Å². The molecular formula is C20H20ClIN2O6. The van der Waals surface area contributed by atoms with E-state index in [0.29, 0.717) is 5.56 Å². The van der Waals surface area contributed by atoms with Crippen molar-refractivity contribution in [3.8, 4) is 0 Å². The van der Waals surface area contributed by atoms with Crippen LogP contribution in [0.15, 0.2) is 36.5 Å². The Morgan fingerprint density at radius 1 is 1.03 bits per heavy atom. The van der Waals surface area contributed by atoms with Gasteiger partial charge in [0.15, 0.2) is 3.57 Å². The number of aromatic nitrogens is 1.